The quantitative estimate of drug-likeness (QED) is 0.814. The Morgan fingerprint density at radius 3 is 2.63 bits per heavy atom. The van der Waals surface area contributed by atoms with Gasteiger partial charge in [-0.2, -0.15) is 0 Å². The number of carbonyl (C=O) groups excluding carboxylic acids is 1. The molecule has 0 aliphatic heterocycles. The fraction of sp³-hybridized carbons (Fsp3) is 0.375. The zero-order valence-corrected chi connectivity index (χ0v) is 11.3. The Balaban J connectivity index is 2.14. The van der Waals surface area contributed by atoms with Crippen molar-refractivity contribution in [1.29, 1.82) is 5.41 Å². The number of hydrogen-bond acceptors (Lipinski definition) is 3. The predicted octanol–water partition coefficient (Wildman–Crippen LogP) is 2.87. The number of nitrogens with one attached hydrogen (secondary N) is 2. The molecule has 100 valence electrons. The van der Waals surface area contributed by atoms with Crippen molar-refractivity contribution in [2.45, 2.75) is 32.1 Å². The molecule has 1 fully saturated rings. The number of carbonyl (C=O) groups is 1. The van der Waals surface area contributed by atoms with Gasteiger partial charge in [0.25, 0.3) is 0 Å². The highest BCUT2D eigenvalue weighted by atomic mass is 16.1. The maximum absolute atomic E-state index is 12.0. The van der Waals surface area contributed by atoms with E-state index in [1.807, 2.05) is 25.2 Å². The molecule has 19 heavy (non-hydrogen) atoms. The van der Waals surface area contributed by atoms with Crippen molar-refractivity contribution in [2.24, 2.45) is 0 Å². The Bertz CT molecular complexity index is 485. The van der Waals surface area contributed by atoms with Gasteiger partial charge in [0, 0.05) is 24.9 Å². The Hall–Kier alpha value is -1.90. The third-order valence-electron chi connectivity index (χ3n) is 3.52. The van der Waals surface area contributed by atoms with Crippen molar-refractivity contribution in [2.75, 3.05) is 7.05 Å². The van der Waals surface area contributed by atoms with Crippen LogP contribution in [0.15, 0.2) is 41.6 Å². The summed E-state index contributed by atoms with van der Waals surface area (Å²) in [5.74, 6) is 0.119. The second-order valence-corrected chi connectivity index (χ2v) is 4.84. The van der Waals surface area contributed by atoms with E-state index < -0.39 is 0 Å². The molecule has 0 radical (unpaired) electrons. The van der Waals surface area contributed by atoms with Crippen molar-refractivity contribution in [1.82, 2.24) is 5.32 Å². The van der Waals surface area contributed by atoms with E-state index in [-0.39, 0.29) is 5.78 Å². The predicted molar refractivity (Wildman–Crippen MR) is 77.4 cm³/mol. The number of allylic oxidation sites excluding steroid dienone is 2. The lowest BCUT2D eigenvalue weighted by Gasteiger charge is -2.19. The largest absolute Gasteiger partial charge is 0.391 e. The van der Waals surface area contributed by atoms with Crippen LogP contribution in [-0.2, 0) is 11.2 Å². The maximum atomic E-state index is 12.0. The summed E-state index contributed by atoms with van der Waals surface area (Å²) >= 11 is 0. The first-order valence-electron chi connectivity index (χ1n) is 6.78. The highest BCUT2D eigenvalue weighted by molar-refractivity contribution is 6.23. The minimum Gasteiger partial charge on any atom is -0.391 e. The zero-order chi connectivity index (χ0) is 13.7. The minimum atomic E-state index is 0.119. The SMILES string of the molecule is CN/C(CCc1ccccc1)=C1\C(=N)CCCC1=O. The number of ketones is 1. The minimum absolute atomic E-state index is 0.119. The van der Waals surface area contributed by atoms with Gasteiger partial charge in [-0.05, 0) is 31.2 Å². The van der Waals surface area contributed by atoms with Crippen LogP contribution in [0.25, 0.3) is 0 Å². The molecule has 0 heterocycles. The van der Waals surface area contributed by atoms with E-state index in [1.165, 1.54) is 5.56 Å². The number of benzene rings is 1. The van der Waals surface area contributed by atoms with Crippen LogP contribution in [0.1, 0.15) is 31.2 Å². The van der Waals surface area contributed by atoms with E-state index in [0.29, 0.717) is 17.7 Å². The number of Topliss-reactive ketones (excluding diaryl/α,β-unsaturated/α-hetero) is 1. The first-order chi connectivity index (χ1) is 9.22. The van der Waals surface area contributed by atoms with Gasteiger partial charge in [-0.25, -0.2) is 0 Å². The molecule has 0 amide bonds. The van der Waals surface area contributed by atoms with Crippen molar-refractivity contribution in [3.8, 4) is 0 Å². The molecule has 0 aromatic heterocycles. The third kappa shape index (κ3) is 3.31. The molecule has 1 aliphatic rings. The van der Waals surface area contributed by atoms with E-state index in [0.717, 1.165) is 31.4 Å². The van der Waals surface area contributed by atoms with Crippen LogP contribution in [0.2, 0.25) is 0 Å². The molecule has 0 bridgehead atoms. The second-order valence-electron chi connectivity index (χ2n) is 4.84. The van der Waals surface area contributed by atoms with Gasteiger partial charge in [0.05, 0.1) is 5.57 Å². The number of hydrogen-bond donors (Lipinski definition) is 2. The van der Waals surface area contributed by atoms with Gasteiger partial charge >= 0.3 is 0 Å². The summed E-state index contributed by atoms with van der Waals surface area (Å²) in [4.78, 5) is 12.0. The van der Waals surface area contributed by atoms with E-state index in [9.17, 15) is 4.79 Å². The standard InChI is InChI=1S/C16H20N2O/c1-18-14(11-10-12-6-3-2-4-7-12)16-13(17)8-5-9-15(16)19/h2-4,6-7,17-18H,5,8-11H2,1H3/b16-14+,17-13?. The van der Waals surface area contributed by atoms with Crippen molar-refractivity contribution >= 4 is 11.5 Å². The van der Waals surface area contributed by atoms with Gasteiger partial charge in [-0.3, -0.25) is 4.79 Å². The van der Waals surface area contributed by atoms with E-state index in [2.05, 4.69) is 17.4 Å². The molecule has 0 atom stereocenters. The van der Waals surface area contributed by atoms with Crippen LogP contribution in [0.5, 0.6) is 0 Å². The lowest BCUT2D eigenvalue weighted by Crippen LogP contribution is -2.24. The lowest BCUT2D eigenvalue weighted by atomic mass is 9.88. The normalized spacial score (nSPS) is 18.4. The first-order valence-corrected chi connectivity index (χ1v) is 6.78. The summed E-state index contributed by atoms with van der Waals surface area (Å²) in [6.07, 6.45) is 3.79. The summed E-state index contributed by atoms with van der Waals surface area (Å²) in [7, 11) is 1.84. The van der Waals surface area contributed by atoms with E-state index >= 15 is 0 Å². The van der Waals surface area contributed by atoms with Crippen LogP contribution < -0.4 is 5.32 Å². The molecule has 1 aliphatic carbocycles. The Morgan fingerprint density at radius 1 is 1.26 bits per heavy atom. The highest BCUT2D eigenvalue weighted by Gasteiger charge is 2.23. The highest BCUT2D eigenvalue weighted by Crippen LogP contribution is 2.21. The summed E-state index contributed by atoms with van der Waals surface area (Å²) in [6, 6.07) is 10.2. The van der Waals surface area contributed by atoms with Crippen LogP contribution in [0.3, 0.4) is 0 Å². The molecule has 0 unspecified atom stereocenters. The van der Waals surface area contributed by atoms with Gasteiger partial charge in [0.2, 0.25) is 0 Å². The van der Waals surface area contributed by atoms with Crippen molar-refractivity contribution in [3.63, 3.8) is 0 Å². The monoisotopic (exact) mass is 256 g/mol. The van der Waals surface area contributed by atoms with Crippen LogP contribution in [-0.4, -0.2) is 18.5 Å². The fourth-order valence-corrected chi connectivity index (χ4v) is 2.48. The number of rotatable bonds is 4. The Kier molecular flexibility index (Phi) is 4.50. The van der Waals surface area contributed by atoms with Crippen LogP contribution in [0.4, 0.5) is 0 Å². The van der Waals surface area contributed by atoms with E-state index in [4.69, 9.17) is 5.41 Å². The van der Waals surface area contributed by atoms with Gasteiger partial charge < -0.3 is 10.7 Å². The fourth-order valence-electron chi connectivity index (χ4n) is 2.48. The molecule has 0 spiro atoms. The molecule has 3 nitrogen and oxygen atoms in total. The third-order valence-corrected chi connectivity index (χ3v) is 3.52. The first kappa shape index (κ1) is 13.5. The summed E-state index contributed by atoms with van der Waals surface area (Å²) in [5, 5.41) is 11.1. The molecule has 2 rings (SSSR count). The number of aryl methyl sites for hydroxylation is 1. The van der Waals surface area contributed by atoms with Crippen molar-refractivity contribution < 1.29 is 4.79 Å². The molecular weight excluding hydrogens is 236 g/mol. The Morgan fingerprint density at radius 2 is 2.00 bits per heavy atom. The summed E-state index contributed by atoms with van der Waals surface area (Å²) < 4.78 is 0. The van der Waals surface area contributed by atoms with E-state index in [1.54, 1.807) is 0 Å². The van der Waals surface area contributed by atoms with Gasteiger partial charge in [-0.15, -0.1) is 0 Å². The molecule has 1 aromatic rings. The smallest absolute Gasteiger partial charge is 0.166 e. The lowest BCUT2D eigenvalue weighted by molar-refractivity contribution is -0.115. The average molecular weight is 256 g/mol. The second kappa shape index (κ2) is 6.32. The topological polar surface area (TPSA) is 53.0 Å². The summed E-state index contributed by atoms with van der Waals surface area (Å²) in [6.45, 7) is 0. The molecule has 2 N–H and O–H groups in total. The average Bonchev–Trinajstić information content (AvgIpc) is 2.43. The van der Waals surface area contributed by atoms with Gasteiger partial charge in [0.1, 0.15) is 0 Å². The molecule has 0 saturated heterocycles. The van der Waals surface area contributed by atoms with Crippen LogP contribution in [0, 0.1) is 5.41 Å². The molecule has 1 aromatic carbocycles. The maximum Gasteiger partial charge on any atom is 0.166 e. The molecular formula is C16H20N2O. The molecule has 1 saturated carbocycles. The van der Waals surface area contributed by atoms with Gasteiger partial charge in [-0.1, -0.05) is 30.3 Å². The van der Waals surface area contributed by atoms with Gasteiger partial charge in [0.15, 0.2) is 5.78 Å². The summed E-state index contributed by atoms with van der Waals surface area (Å²) in [5.41, 5.74) is 3.29. The zero-order valence-electron chi connectivity index (χ0n) is 11.3. The van der Waals surface area contributed by atoms with Crippen molar-refractivity contribution in [3.05, 3.63) is 47.2 Å². The Labute approximate surface area is 114 Å². The van der Waals surface area contributed by atoms with Crippen LogP contribution >= 0.6 is 0 Å². The molecule has 3 heteroatoms.